The Kier molecular flexibility index (Phi) is 2.19. The van der Waals surface area contributed by atoms with Crippen molar-refractivity contribution in [2.75, 3.05) is 0 Å². The molecule has 2 rings (SSSR count). The minimum Gasteiger partial charge on any atom is -0.428 e. The van der Waals surface area contributed by atoms with Gasteiger partial charge in [-0.2, -0.15) is 0 Å². The van der Waals surface area contributed by atoms with Gasteiger partial charge < -0.3 is 4.42 Å². The van der Waals surface area contributed by atoms with E-state index in [1.165, 1.54) is 0 Å². The topological polar surface area (TPSA) is 30.2 Å². The van der Waals surface area contributed by atoms with E-state index in [9.17, 15) is 4.79 Å². The summed E-state index contributed by atoms with van der Waals surface area (Å²) in [5, 5.41) is 0. The highest BCUT2D eigenvalue weighted by Crippen LogP contribution is 2.14. The standard InChI is InChI=1S/C12H10O2/c1-9-7-8-11(12(13)14-9)10-5-3-2-4-6-10/h2-8H,1H3. The van der Waals surface area contributed by atoms with Gasteiger partial charge in [-0.25, -0.2) is 4.79 Å². The maximum atomic E-state index is 11.5. The van der Waals surface area contributed by atoms with Crippen LogP contribution in [0.15, 0.2) is 51.7 Å². The van der Waals surface area contributed by atoms with Crippen LogP contribution in [0, 0.1) is 6.92 Å². The highest BCUT2D eigenvalue weighted by molar-refractivity contribution is 5.61. The Morgan fingerprint density at radius 2 is 1.71 bits per heavy atom. The third-order valence-electron chi connectivity index (χ3n) is 2.04. The molecule has 0 spiro atoms. The van der Waals surface area contributed by atoms with Gasteiger partial charge in [0.15, 0.2) is 0 Å². The lowest BCUT2D eigenvalue weighted by Gasteiger charge is -1.98. The third-order valence-corrected chi connectivity index (χ3v) is 2.04. The van der Waals surface area contributed by atoms with Crippen molar-refractivity contribution in [2.24, 2.45) is 0 Å². The zero-order valence-corrected chi connectivity index (χ0v) is 7.86. The molecule has 0 aliphatic rings. The quantitative estimate of drug-likeness (QED) is 0.685. The van der Waals surface area contributed by atoms with Gasteiger partial charge in [-0.3, -0.25) is 0 Å². The van der Waals surface area contributed by atoms with E-state index in [-0.39, 0.29) is 5.63 Å². The fraction of sp³-hybridized carbons (Fsp3) is 0.0833. The molecule has 1 heterocycles. The van der Waals surface area contributed by atoms with Crippen LogP contribution in [0.2, 0.25) is 0 Å². The molecular formula is C12H10O2. The van der Waals surface area contributed by atoms with Gasteiger partial charge in [-0.1, -0.05) is 30.3 Å². The van der Waals surface area contributed by atoms with E-state index in [1.807, 2.05) is 30.3 Å². The molecule has 0 bridgehead atoms. The molecule has 2 aromatic rings. The predicted octanol–water partition coefficient (Wildman–Crippen LogP) is 2.62. The van der Waals surface area contributed by atoms with E-state index in [4.69, 9.17) is 4.42 Å². The second-order valence-electron chi connectivity index (χ2n) is 3.11. The van der Waals surface area contributed by atoms with Crippen LogP contribution in [-0.2, 0) is 0 Å². The van der Waals surface area contributed by atoms with Crippen LogP contribution in [0.5, 0.6) is 0 Å². The molecule has 0 radical (unpaired) electrons. The number of hydrogen-bond acceptors (Lipinski definition) is 2. The SMILES string of the molecule is Cc1ccc(-c2ccccc2)c(=O)o1. The molecule has 0 amide bonds. The highest BCUT2D eigenvalue weighted by Gasteiger charge is 2.03. The van der Waals surface area contributed by atoms with Crippen LogP contribution >= 0.6 is 0 Å². The van der Waals surface area contributed by atoms with Crippen LogP contribution < -0.4 is 5.63 Å². The second kappa shape index (κ2) is 3.50. The zero-order chi connectivity index (χ0) is 9.97. The molecule has 0 saturated heterocycles. The first kappa shape index (κ1) is 8.75. The predicted molar refractivity (Wildman–Crippen MR) is 55.2 cm³/mol. The van der Waals surface area contributed by atoms with Crippen molar-refractivity contribution in [1.82, 2.24) is 0 Å². The highest BCUT2D eigenvalue weighted by atomic mass is 16.4. The Labute approximate surface area is 81.8 Å². The first-order chi connectivity index (χ1) is 6.77. The Bertz CT molecular complexity index is 483. The molecule has 14 heavy (non-hydrogen) atoms. The Morgan fingerprint density at radius 3 is 2.36 bits per heavy atom. The molecule has 70 valence electrons. The largest absolute Gasteiger partial charge is 0.428 e. The third kappa shape index (κ3) is 1.59. The fourth-order valence-corrected chi connectivity index (χ4v) is 1.34. The first-order valence-electron chi connectivity index (χ1n) is 4.43. The molecule has 0 N–H and O–H groups in total. The van der Waals surface area contributed by atoms with Crippen molar-refractivity contribution in [3.05, 3.63) is 58.6 Å². The maximum Gasteiger partial charge on any atom is 0.343 e. The summed E-state index contributed by atoms with van der Waals surface area (Å²) in [6, 6.07) is 13.1. The van der Waals surface area contributed by atoms with Crippen molar-refractivity contribution in [3.63, 3.8) is 0 Å². The number of rotatable bonds is 1. The molecule has 0 fully saturated rings. The minimum absolute atomic E-state index is 0.281. The van der Waals surface area contributed by atoms with E-state index >= 15 is 0 Å². The Morgan fingerprint density at radius 1 is 1.00 bits per heavy atom. The molecule has 0 saturated carbocycles. The number of hydrogen-bond donors (Lipinski definition) is 0. The van der Waals surface area contributed by atoms with Gasteiger partial charge in [-0.05, 0) is 24.6 Å². The molecule has 0 aliphatic heterocycles. The number of aryl methyl sites for hydroxylation is 1. The molecule has 1 aromatic heterocycles. The van der Waals surface area contributed by atoms with Gasteiger partial charge in [0.05, 0.1) is 5.56 Å². The van der Waals surface area contributed by atoms with Gasteiger partial charge in [0.1, 0.15) is 5.76 Å². The fourth-order valence-electron chi connectivity index (χ4n) is 1.34. The zero-order valence-electron chi connectivity index (χ0n) is 7.86. The monoisotopic (exact) mass is 186 g/mol. The van der Waals surface area contributed by atoms with Crippen molar-refractivity contribution in [3.8, 4) is 11.1 Å². The van der Waals surface area contributed by atoms with Crippen molar-refractivity contribution in [1.29, 1.82) is 0 Å². The van der Waals surface area contributed by atoms with E-state index in [2.05, 4.69) is 0 Å². The minimum atomic E-state index is -0.281. The van der Waals surface area contributed by atoms with Crippen LogP contribution in [0.4, 0.5) is 0 Å². The lowest BCUT2D eigenvalue weighted by atomic mass is 10.1. The second-order valence-corrected chi connectivity index (χ2v) is 3.11. The molecule has 1 aromatic carbocycles. The van der Waals surface area contributed by atoms with Crippen molar-refractivity contribution >= 4 is 0 Å². The Hall–Kier alpha value is -1.83. The van der Waals surface area contributed by atoms with Gasteiger partial charge >= 0.3 is 5.63 Å². The molecule has 2 heteroatoms. The summed E-state index contributed by atoms with van der Waals surface area (Å²) in [7, 11) is 0. The Balaban J connectivity index is 2.59. The molecule has 0 aliphatic carbocycles. The van der Waals surface area contributed by atoms with Gasteiger partial charge in [0.25, 0.3) is 0 Å². The summed E-state index contributed by atoms with van der Waals surface area (Å²) in [5.41, 5.74) is 1.22. The summed E-state index contributed by atoms with van der Waals surface area (Å²) in [6.45, 7) is 1.76. The summed E-state index contributed by atoms with van der Waals surface area (Å²) >= 11 is 0. The van der Waals surface area contributed by atoms with E-state index in [1.54, 1.807) is 19.1 Å². The van der Waals surface area contributed by atoms with Gasteiger partial charge in [0.2, 0.25) is 0 Å². The summed E-state index contributed by atoms with van der Waals surface area (Å²) < 4.78 is 5.01. The molecule has 0 unspecified atom stereocenters. The maximum absolute atomic E-state index is 11.5. The molecule has 0 atom stereocenters. The lowest BCUT2D eigenvalue weighted by molar-refractivity contribution is 0.482. The average molecular weight is 186 g/mol. The van der Waals surface area contributed by atoms with E-state index in [0.717, 1.165) is 5.56 Å². The summed E-state index contributed by atoms with van der Waals surface area (Å²) in [6.07, 6.45) is 0. The first-order valence-corrected chi connectivity index (χ1v) is 4.43. The van der Waals surface area contributed by atoms with Crippen LogP contribution in [0.3, 0.4) is 0 Å². The van der Waals surface area contributed by atoms with Crippen molar-refractivity contribution in [2.45, 2.75) is 6.92 Å². The molecular weight excluding hydrogens is 176 g/mol. The van der Waals surface area contributed by atoms with Crippen LogP contribution in [0.1, 0.15) is 5.76 Å². The normalized spacial score (nSPS) is 10.1. The summed E-state index contributed by atoms with van der Waals surface area (Å²) in [4.78, 5) is 11.5. The lowest BCUT2D eigenvalue weighted by Crippen LogP contribution is -2.02. The average Bonchev–Trinajstić information content (AvgIpc) is 2.19. The van der Waals surface area contributed by atoms with Gasteiger partial charge in [0, 0.05) is 0 Å². The van der Waals surface area contributed by atoms with Crippen molar-refractivity contribution < 1.29 is 4.42 Å². The molecule has 2 nitrogen and oxygen atoms in total. The summed E-state index contributed by atoms with van der Waals surface area (Å²) in [5.74, 6) is 0.634. The van der Waals surface area contributed by atoms with E-state index < -0.39 is 0 Å². The van der Waals surface area contributed by atoms with Gasteiger partial charge in [-0.15, -0.1) is 0 Å². The smallest absolute Gasteiger partial charge is 0.343 e. The van der Waals surface area contributed by atoms with E-state index in [0.29, 0.717) is 11.3 Å². The number of benzene rings is 1. The van der Waals surface area contributed by atoms with Crippen LogP contribution in [-0.4, -0.2) is 0 Å². The van der Waals surface area contributed by atoms with Crippen LogP contribution in [0.25, 0.3) is 11.1 Å².